The largest absolute Gasteiger partial charge is 0.382 e. The molecule has 1 saturated heterocycles. The number of hydrogen-bond acceptors (Lipinski definition) is 3. The van der Waals surface area contributed by atoms with Crippen LogP contribution in [0.2, 0.25) is 0 Å². The Morgan fingerprint density at radius 2 is 2.00 bits per heavy atom. The molecule has 1 N–H and O–H groups in total. The van der Waals surface area contributed by atoms with Crippen LogP contribution in [0.1, 0.15) is 46.0 Å². The second-order valence-corrected chi connectivity index (χ2v) is 6.46. The van der Waals surface area contributed by atoms with Crippen molar-refractivity contribution in [3.8, 4) is 0 Å². The highest BCUT2D eigenvalue weighted by Gasteiger charge is 2.53. The van der Waals surface area contributed by atoms with Crippen molar-refractivity contribution in [1.82, 2.24) is 10.2 Å². The molecule has 4 heteroatoms. The van der Waals surface area contributed by atoms with E-state index in [9.17, 15) is 4.79 Å². The highest BCUT2D eigenvalue weighted by molar-refractivity contribution is 5.79. The number of hydrogen-bond donors (Lipinski definition) is 1. The summed E-state index contributed by atoms with van der Waals surface area (Å²) >= 11 is 0. The molecule has 0 atom stereocenters. The van der Waals surface area contributed by atoms with E-state index >= 15 is 0 Å². The fourth-order valence-electron chi connectivity index (χ4n) is 3.56. The Morgan fingerprint density at radius 3 is 2.65 bits per heavy atom. The van der Waals surface area contributed by atoms with Crippen LogP contribution >= 0.6 is 0 Å². The van der Waals surface area contributed by atoms with Gasteiger partial charge in [0.1, 0.15) is 0 Å². The van der Waals surface area contributed by atoms with Crippen molar-refractivity contribution in [1.29, 1.82) is 0 Å². The van der Waals surface area contributed by atoms with Gasteiger partial charge in [0.15, 0.2) is 0 Å². The average molecular weight is 282 g/mol. The Labute approximate surface area is 123 Å². The molecule has 1 amide bonds. The van der Waals surface area contributed by atoms with Crippen LogP contribution in [-0.4, -0.2) is 50.2 Å². The molecule has 4 nitrogen and oxygen atoms in total. The molecule has 0 radical (unpaired) electrons. The predicted octanol–water partition coefficient (Wildman–Crippen LogP) is 2.04. The van der Waals surface area contributed by atoms with Crippen LogP contribution in [-0.2, 0) is 9.53 Å². The van der Waals surface area contributed by atoms with Crippen LogP contribution in [0, 0.1) is 11.3 Å². The second kappa shape index (κ2) is 7.41. The van der Waals surface area contributed by atoms with Gasteiger partial charge in [-0.25, -0.2) is 0 Å². The maximum absolute atomic E-state index is 12.0. The van der Waals surface area contributed by atoms with E-state index < -0.39 is 0 Å². The molecule has 2 fully saturated rings. The quantitative estimate of drug-likeness (QED) is 0.658. The van der Waals surface area contributed by atoms with Crippen LogP contribution < -0.4 is 5.32 Å². The zero-order valence-corrected chi connectivity index (χ0v) is 13.1. The van der Waals surface area contributed by atoms with E-state index in [2.05, 4.69) is 17.1 Å². The highest BCUT2D eigenvalue weighted by atomic mass is 16.5. The number of carbonyl (C=O) groups is 1. The SMILES string of the molecule is CCOCCCCCNC(=O)C1CC2(C1)CN(CC)C2. The van der Waals surface area contributed by atoms with Crippen LogP contribution in [0.5, 0.6) is 0 Å². The van der Waals surface area contributed by atoms with Crippen molar-refractivity contribution in [2.24, 2.45) is 11.3 Å². The van der Waals surface area contributed by atoms with Gasteiger partial charge in [-0.2, -0.15) is 0 Å². The number of nitrogens with zero attached hydrogens (tertiary/aromatic N) is 1. The molecule has 20 heavy (non-hydrogen) atoms. The first-order chi connectivity index (χ1) is 9.69. The summed E-state index contributed by atoms with van der Waals surface area (Å²) in [5.74, 6) is 0.577. The molecule has 1 aliphatic carbocycles. The molecule has 0 bridgehead atoms. The second-order valence-electron chi connectivity index (χ2n) is 6.46. The van der Waals surface area contributed by atoms with E-state index in [-0.39, 0.29) is 11.8 Å². The Balaban J connectivity index is 1.46. The Morgan fingerprint density at radius 1 is 1.25 bits per heavy atom. The lowest BCUT2D eigenvalue weighted by atomic mass is 9.57. The first-order valence-corrected chi connectivity index (χ1v) is 8.27. The van der Waals surface area contributed by atoms with E-state index in [0.717, 1.165) is 58.4 Å². The fraction of sp³-hybridized carbons (Fsp3) is 0.938. The third-order valence-electron chi connectivity index (χ3n) is 4.76. The molecule has 1 aliphatic heterocycles. The van der Waals surface area contributed by atoms with Gasteiger partial charge in [-0.15, -0.1) is 0 Å². The van der Waals surface area contributed by atoms with Crippen LogP contribution in [0.25, 0.3) is 0 Å². The first kappa shape index (κ1) is 15.8. The van der Waals surface area contributed by atoms with Crippen molar-refractivity contribution in [3.63, 3.8) is 0 Å². The zero-order valence-electron chi connectivity index (χ0n) is 13.1. The number of nitrogens with one attached hydrogen (secondary N) is 1. The number of amides is 1. The lowest BCUT2D eigenvalue weighted by Gasteiger charge is -2.58. The van der Waals surface area contributed by atoms with Gasteiger partial charge in [-0.1, -0.05) is 6.92 Å². The van der Waals surface area contributed by atoms with Gasteiger partial charge in [0.05, 0.1) is 0 Å². The molecule has 1 saturated carbocycles. The van der Waals surface area contributed by atoms with Gasteiger partial charge in [-0.3, -0.25) is 4.79 Å². The molecule has 2 rings (SSSR count). The lowest BCUT2D eigenvalue weighted by Crippen LogP contribution is -2.63. The van der Waals surface area contributed by atoms with Crippen LogP contribution in [0.4, 0.5) is 0 Å². The van der Waals surface area contributed by atoms with Gasteiger partial charge in [-0.05, 0) is 51.0 Å². The van der Waals surface area contributed by atoms with E-state index in [0.29, 0.717) is 5.41 Å². The van der Waals surface area contributed by atoms with Crippen molar-refractivity contribution in [3.05, 3.63) is 0 Å². The summed E-state index contributed by atoms with van der Waals surface area (Å²) in [6, 6.07) is 0. The monoisotopic (exact) mass is 282 g/mol. The van der Waals surface area contributed by atoms with E-state index in [1.54, 1.807) is 0 Å². The van der Waals surface area contributed by atoms with E-state index in [1.807, 2.05) is 6.92 Å². The molecule has 0 aromatic carbocycles. The van der Waals surface area contributed by atoms with Crippen molar-refractivity contribution < 1.29 is 9.53 Å². The molecule has 0 unspecified atom stereocenters. The fourth-order valence-corrected chi connectivity index (χ4v) is 3.56. The smallest absolute Gasteiger partial charge is 0.223 e. The van der Waals surface area contributed by atoms with E-state index in [1.165, 1.54) is 13.1 Å². The van der Waals surface area contributed by atoms with E-state index in [4.69, 9.17) is 4.74 Å². The number of ether oxygens (including phenoxy) is 1. The van der Waals surface area contributed by atoms with Gasteiger partial charge >= 0.3 is 0 Å². The molecule has 1 heterocycles. The summed E-state index contributed by atoms with van der Waals surface area (Å²) < 4.78 is 5.29. The molecular weight excluding hydrogens is 252 g/mol. The summed E-state index contributed by atoms with van der Waals surface area (Å²) in [7, 11) is 0. The summed E-state index contributed by atoms with van der Waals surface area (Å²) in [5, 5.41) is 3.09. The number of rotatable bonds is 9. The molecular formula is C16H30N2O2. The van der Waals surface area contributed by atoms with Gasteiger partial charge in [0.25, 0.3) is 0 Å². The number of unbranched alkanes of at least 4 members (excludes halogenated alkanes) is 2. The minimum atomic E-state index is 0.287. The topological polar surface area (TPSA) is 41.6 Å². The molecule has 116 valence electrons. The zero-order chi connectivity index (χ0) is 14.4. The number of likely N-dealkylation sites (tertiary alicyclic amines) is 1. The van der Waals surface area contributed by atoms with Crippen molar-refractivity contribution >= 4 is 5.91 Å². The molecule has 1 spiro atoms. The number of carbonyl (C=O) groups excluding carboxylic acids is 1. The van der Waals surface area contributed by atoms with Crippen molar-refractivity contribution in [2.75, 3.05) is 39.4 Å². The standard InChI is InChI=1S/C16H30N2O2/c1-3-18-12-16(13-18)10-14(11-16)15(19)17-8-6-5-7-9-20-4-2/h14H,3-13H2,1-2H3,(H,17,19). The highest BCUT2D eigenvalue weighted by Crippen LogP contribution is 2.51. The molecule has 0 aromatic rings. The third kappa shape index (κ3) is 3.95. The minimum Gasteiger partial charge on any atom is -0.382 e. The molecule has 0 aromatic heterocycles. The average Bonchev–Trinajstić information content (AvgIpc) is 2.35. The van der Waals surface area contributed by atoms with Crippen LogP contribution in [0.15, 0.2) is 0 Å². The first-order valence-electron chi connectivity index (χ1n) is 8.27. The van der Waals surface area contributed by atoms with Gasteiger partial charge in [0, 0.05) is 38.8 Å². The van der Waals surface area contributed by atoms with Crippen molar-refractivity contribution in [2.45, 2.75) is 46.0 Å². The Bertz CT molecular complexity index is 306. The predicted molar refractivity (Wildman–Crippen MR) is 80.6 cm³/mol. The summed E-state index contributed by atoms with van der Waals surface area (Å²) in [4.78, 5) is 14.5. The lowest BCUT2D eigenvalue weighted by molar-refractivity contribution is -0.143. The third-order valence-corrected chi connectivity index (χ3v) is 4.76. The summed E-state index contributed by atoms with van der Waals surface area (Å²) in [6.07, 6.45) is 5.53. The normalized spacial score (nSPS) is 21.5. The summed E-state index contributed by atoms with van der Waals surface area (Å²) in [6.45, 7) is 10.3. The van der Waals surface area contributed by atoms with Crippen LogP contribution in [0.3, 0.4) is 0 Å². The molecule has 2 aliphatic rings. The minimum absolute atomic E-state index is 0.287. The Hall–Kier alpha value is -0.610. The van der Waals surface area contributed by atoms with Gasteiger partial charge < -0.3 is 15.0 Å². The maximum atomic E-state index is 12.0. The Kier molecular flexibility index (Phi) is 5.85. The summed E-state index contributed by atoms with van der Waals surface area (Å²) in [5.41, 5.74) is 0.509. The maximum Gasteiger partial charge on any atom is 0.223 e. The van der Waals surface area contributed by atoms with Gasteiger partial charge in [0.2, 0.25) is 5.91 Å².